The van der Waals surface area contributed by atoms with Crippen molar-refractivity contribution >= 4 is 22.9 Å². The number of aryl methyl sites for hydroxylation is 1. The van der Waals surface area contributed by atoms with Gasteiger partial charge in [-0.05, 0) is 38.3 Å². The van der Waals surface area contributed by atoms with Crippen LogP contribution in [0.3, 0.4) is 0 Å². The van der Waals surface area contributed by atoms with E-state index in [1.807, 2.05) is 0 Å². The number of phenols is 1. The molecule has 1 fully saturated rings. The van der Waals surface area contributed by atoms with Crippen LogP contribution in [0.15, 0.2) is 18.3 Å². The number of rotatable bonds is 3. The summed E-state index contributed by atoms with van der Waals surface area (Å²) in [5, 5.41) is 10.1. The van der Waals surface area contributed by atoms with Gasteiger partial charge in [-0.2, -0.15) is 13.2 Å². The van der Waals surface area contributed by atoms with Crippen LogP contribution in [0.5, 0.6) is 5.75 Å². The summed E-state index contributed by atoms with van der Waals surface area (Å²) < 4.78 is 42.0. The summed E-state index contributed by atoms with van der Waals surface area (Å²) in [5.41, 5.74) is 10.7. The monoisotopic (exact) mass is 405 g/mol. The minimum atomic E-state index is -4.48. The number of benzene rings is 1. The van der Waals surface area contributed by atoms with E-state index >= 15 is 0 Å². The van der Waals surface area contributed by atoms with E-state index in [0.717, 1.165) is 6.20 Å². The molecule has 0 bridgehead atoms. The van der Waals surface area contributed by atoms with Gasteiger partial charge in [-0.3, -0.25) is 9.36 Å². The van der Waals surface area contributed by atoms with Crippen LogP contribution in [0.2, 0.25) is 0 Å². The van der Waals surface area contributed by atoms with Crippen molar-refractivity contribution in [3.8, 4) is 11.4 Å². The zero-order valence-electron chi connectivity index (χ0n) is 15.6. The summed E-state index contributed by atoms with van der Waals surface area (Å²) in [6, 6.07) is 3.16. The summed E-state index contributed by atoms with van der Waals surface area (Å²) in [5.74, 6) is -1.03. The largest absolute Gasteiger partial charge is 0.508 e. The fraction of sp³-hybridized carbons (Fsp3) is 0.316. The first-order chi connectivity index (χ1) is 13.5. The summed E-state index contributed by atoms with van der Waals surface area (Å²) in [6.45, 7) is 3.42. The molecule has 1 aromatic carbocycles. The minimum Gasteiger partial charge on any atom is -0.508 e. The quantitative estimate of drug-likeness (QED) is 0.619. The Morgan fingerprint density at radius 1 is 1.28 bits per heavy atom. The molecule has 1 amide bonds. The van der Waals surface area contributed by atoms with Gasteiger partial charge < -0.3 is 16.6 Å². The van der Waals surface area contributed by atoms with E-state index in [-0.39, 0.29) is 46.8 Å². The second-order valence-electron chi connectivity index (χ2n) is 7.34. The van der Waals surface area contributed by atoms with Crippen LogP contribution in [0, 0.1) is 13.8 Å². The molecule has 0 saturated heterocycles. The number of halogens is 3. The van der Waals surface area contributed by atoms with Crippen LogP contribution >= 0.6 is 0 Å². The van der Waals surface area contributed by atoms with Crippen LogP contribution in [0.4, 0.5) is 19.0 Å². The Hall–Kier alpha value is -3.30. The lowest BCUT2D eigenvalue weighted by Crippen LogP contribution is -2.29. The fourth-order valence-electron chi connectivity index (χ4n) is 3.74. The van der Waals surface area contributed by atoms with Crippen LogP contribution in [-0.2, 0) is 5.41 Å². The summed E-state index contributed by atoms with van der Waals surface area (Å²) in [4.78, 5) is 20.4. The maximum Gasteiger partial charge on any atom is 0.400 e. The van der Waals surface area contributed by atoms with E-state index in [0.29, 0.717) is 16.8 Å². The van der Waals surface area contributed by atoms with Gasteiger partial charge in [0.05, 0.1) is 17.6 Å². The van der Waals surface area contributed by atoms with Crippen molar-refractivity contribution in [1.29, 1.82) is 0 Å². The number of nitrogen functional groups attached to an aromatic ring is 1. The van der Waals surface area contributed by atoms with Gasteiger partial charge in [-0.15, -0.1) is 0 Å². The number of carbonyl (C=O) groups excluding carboxylic acids is 1. The van der Waals surface area contributed by atoms with Crippen LogP contribution in [-0.4, -0.2) is 31.7 Å². The number of aromatic nitrogens is 3. The molecule has 3 aromatic rings. The van der Waals surface area contributed by atoms with Gasteiger partial charge in [-0.1, -0.05) is 6.07 Å². The Balaban J connectivity index is 2.06. The highest BCUT2D eigenvalue weighted by molar-refractivity contribution is 6.09. The van der Waals surface area contributed by atoms with Gasteiger partial charge in [0.1, 0.15) is 28.1 Å². The maximum atomic E-state index is 13.5. The SMILES string of the molecule is Cc1ccc(O)c(C)c1-n1c(N)c(C(N)=O)c2nc(C3(C(F)(F)F)CC3)cnc21. The highest BCUT2D eigenvalue weighted by Gasteiger charge is 2.65. The van der Waals surface area contributed by atoms with E-state index in [2.05, 4.69) is 9.97 Å². The zero-order chi connectivity index (χ0) is 21.3. The smallest absolute Gasteiger partial charge is 0.400 e. The van der Waals surface area contributed by atoms with E-state index in [1.165, 1.54) is 10.6 Å². The molecule has 1 aliphatic carbocycles. The number of primary amides is 1. The molecule has 0 radical (unpaired) electrons. The van der Waals surface area contributed by atoms with Crippen molar-refractivity contribution in [2.75, 3.05) is 5.73 Å². The average Bonchev–Trinajstić information content (AvgIpc) is 3.39. The van der Waals surface area contributed by atoms with Gasteiger partial charge in [-0.25, -0.2) is 9.97 Å². The number of nitrogens with two attached hydrogens (primary N) is 2. The molecular formula is C19H18F3N5O2. The van der Waals surface area contributed by atoms with E-state index in [1.54, 1.807) is 19.9 Å². The number of hydrogen-bond acceptors (Lipinski definition) is 5. The predicted octanol–water partition coefficient (Wildman–Crippen LogP) is 3.02. The zero-order valence-corrected chi connectivity index (χ0v) is 15.6. The Bertz CT molecular complexity index is 1180. The van der Waals surface area contributed by atoms with Crippen molar-refractivity contribution < 1.29 is 23.1 Å². The first-order valence-corrected chi connectivity index (χ1v) is 8.83. The second kappa shape index (κ2) is 5.85. The normalized spacial score (nSPS) is 15.6. The molecule has 0 atom stereocenters. The Morgan fingerprint density at radius 3 is 2.48 bits per heavy atom. The Morgan fingerprint density at radius 2 is 1.93 bits per heavy atom. The molecule has 152 valence electrons. The summed E-state index contributed by atoms with van der Waals surface area (Å²) in [6.07, 6.45) is -3.60. The molecule has 5 N–H and O–H groups in total. The van der Waals surface area contributed by atoms with Crippen molar-refractivity contribution in [2.45, 2.75) is 38.3 Å². The molecule has 29 heavy (non-hydrogen) atoms. The minimum absolute atomic E-state index is 0.00828. The molecule has 1 aliphatic rings. The van der Waals surface area contributed by atoms with Crippen LogP contribution in [0.1, 0.15) is 40.0 Å². The van der Waals surface area contributed by atoms with Gasteiger partial charge in [0, 0.05) is 5.56 Å². The molecule has 0 aliphatic heterocycles. The molecular weight excluding hydrogens is 387 g/mol. The van der Waals surface area contributed by atoms with E-state index < -0.39 is 17.5 Å². The third-order valence-electron chi connectivity index (χ3n) is 5.56. The van der Waals surface area contributed by atoms with Crippen molar-refractivity contribution in [3.63, 3.8) is 0 Å². The number of anilines is 1. The van der Waals surface area contributed by atoms with Gasteiger partial charge in [0.2, 0.25) is 0 Å². The van der Waals surface area contributed by atoms with Crippen molar-refractivity contribution in [3.05, 3.63) is 40.7 Å². The summed E-state index contributed by atoms with van der Waals surface area (Å²) in [7, 11) is 0. The molecule has 10 heteroatoms. The van der Waals surface area contributed by atoms with Crippen molar-refractivity contribution in [1.82, 2.24) is 14.5 Å². The van der Waals surface area contributed by atoms with Gasteiger partial charge in [0.25, 0.3) is 5.91 Å². The van der Waals surface area contributed by atoms with E-state index in [9.17, 15) is 23.1 Å². The molecule has 1 saturated carbocycles. The topological polar surface area (TPSA) is 120 Å². The fourth-order valence-corrected chi connectivity index (χ4v) is 3.74. The lowest BCUT2D eigenvalue weighted by molar-refractivity contribution is -0.161. The molecule has 2 aromatic heterocycles. The maximum absolute atomic E-state index is 13.5. The lowest BCUT2D eigenvalue weighted by Gasteiger charge is -2.18. The van der Waals surface area contributed by atoms with Crippen molar-refractivity contribution in [2.24, 2.45) is 5.73 Å². The summed E-state index contributed by atoms with van der Waals surface area (Å²) >= 11 is 0. The van der Waals surface area contributed by atoms with Gasteiger partial charge >= 0.3 is 6.18 Å². The number of amides is 1. The second-order valence-corrected chi connectivity index (χ2v) is 7.34. The number of hydrogen-bond donors (Lipinski definition) is 3. The van der Waals surface area contributed by atoms with Crippen LogP contribution in [0.25, 0.3) is 16.9 Å². The predicted molar refractivity (Wildman–Crippen MR) is 99.9 cm³/mol. The molecule has 0 unspecified atom stereocenters. The standard InChI is InChI=1S/C19H18F3N5O2/c1-8-3-4-10(28)9(2)14(8)27-15(23)12(16(24)29)13-17(27)25-7-11(26-13)18(5-6-18)19(20,21)22/h3-4,7,28H,5-6,23H2,1-2H3,(H2,24,29). The third kappa shape index (κ3) is 2.55. The Kier molecular flexibility index (Phi) is 3.84. The average molecular weight is 405 g/mol. The third-order valence-corrected chi connectivity index (χ3v) is 5.56. The number of nitrogens with zero attached hydrogens (tertiary/aromatic N) is 3. The highest BCUT2D eigenvalue weighted by atomic mass is 19.4. The number of phenolic OH excluding ortho intramolecular Hbond substituents is 1. The highest BCUT2D eigenvalue weighted by Crippen LogP contribution is 2.58. The van der Waals surface area contributed by atoms with Crippen LogP contribution < -0.4 is 11.5 Å². The number of alkyl halides is 3. The number of carbonyl (C=O) groups is 1. The molecule has 2 heterocycles. The number of aromatic hydroxyl groups is 1. The van der Waals surface area contributed by atoms with E-state index in [4.69, 9.17) is 11.5 Å². The number of fused-ring (bicyclic) bond motifs is 1. The lowest BCUT2D eigenvalue weighted by atomic mass is 10.0. The first kappa shape index (κ1) is 19.0. The molecule has 4 rings (SSSR count). The first-order valence-electron chi connectivity index (χ1n) is 8.83. The molecule has 0 spiro atoms. The van der Waals surface area contributed by atoms with Gasteiger partial charge in [0.15, 0.2) is 5.65 Å². The molecule has 7 nitrogen and oxygen atoms in total. The Labute approximate surface area is 163 Å².